The molecule has 0 aliphatic carbocycles. The van der Waals surface area contributed by atoms with Gasteiger partial charge in [-0.15, -0.1) is 0 Å². The first-order valence-electron chi connectivity index (χ1n) is 6.79. The monoisotopic (exact) mass is 276 g/mol. The molecule has 2 atom stereocenters. The van der Waals surface area contributed by atoms with E-state index in [1.165, 1.54) is 11.3 Å². The number of benzene rings is 1. The average molecular weight is 276 g/mol. The minimum atomic E-state index is -0.767. The van der Waals surface area contributed by atoms with Crippen LogP contribution in [0.5, 0.6) is 0 Å². The molecule has 108 valence electrons. The molecule has 1 aromatic carbocycles. The molecule has 1 aromatic heterocycles. The molecule has 3 rings (SSSR count). The van der Waals surface area contributed by atoms with Crippen LogP contribution in [-0.2, 0) is 11.2 Å². The Morgan fingerprint density at radius 3 is 2.85 bits per heavy atom. The summed E-state index contributed by atoms with van der Waals surface area (Å²) in [6, 6.07) is 7.75. The predicted octanol–water partition coefficient (Wildman–Crippen LogP) is 1.78. The first-order valence-corrected chi connectivity index (χ1v) is 6.79. The van der Waals surface area contributed by atoms with Crippen molar-refractivity contribution in [2.24, 2.45) is 0 Å². The molecular weight excluding hydrogens is 256 g/mol. The first kappa shape index (κ1) is 14.6. The highest BCUT2D eigenvalue weighted by Gasteiger charge is 2.32. The molecular formula is C15H20N2O3. The molecule has 0 amide bonds. The summed E-state index contributed by atoms with van der Waals surface area (Å²) in [5.41, 5.74) is 3.43. The van der Waals surface area contributed by atoms with Crippen molar-refractivity contribution < 1.29 is 15.4 Å². The highest BCUT2D eigenvalue weighted by molar-refractivity contribution is 5.86. The van der Waals surface area contributed by atoms with Gasteiger partial charge in [0.15, 0.2) is 0 Å². The lowest BCUT2D eigenvalue weighted by Gasteiger charge is -2.29. The molecule has 2 heterocycles. The van der Waals surface area contributed by atoms with E-state index in [4.69, 9.17) is 0 Å². The molecule has 5 N–H and O–H groups in total. The van der Waals surface area contributed by atoms with Crippen LogP contribution in [-0.4, -0.2) is 27.6 Å². The summed E-state index contributed by atoms with van der Waals surface area (Å²) in [4.78, 5) is 14.8. The van der Waals surface area contributed by atoms with E-state index in [-0.39, 0.29) is 11.5 Å². The predicted molar refractivity (Wildman–Crippen MR) is 77.8 cm³/mol. The molecule has 0 bridgehead atoms. The number of H-pyrrole nitrogens is 1. The first-order chi connectivity index (χ1) is 9.20. The molecule has 0 radical (unpaired) electrons. The van der Waals surface area contributed by atoms with Gasteiger partial charge >= 0.3 is 5.97 Å². The fourth-order valence-electron chi connectivity index (χ4n) is 3.00. The van der Waals surface area contributed by atoms with Crippen molar-refractivity contribution in [1.82, 2.24) is 10.3 Å². The average Bonchev–Trinajstić information content (AvgIpc) is 2.78. The Morgan fingerprint density at radius 1 is 1.40 bits per heavy atom. The second kappa shape index (κ2) is 5.64. The Kier molecular flexibility index (Phi) is 4.11. The molecule has 0 saturated carbocycles. The molecule has 2 aromatic rings. The van der Waals surface area contributed by atoms with Gasteiger partial charge in [0, 0.05) is 29.1 Å². The number of nitrogens with one attached hydrogen (secondary N) is 2. The minimum absolute atomic E-state index is 0. The summed E-state index contributed by atoms with van der Waals surface area (Å²) in [5.74, 6) is -0.767. The van der Waals surface area contributed by atoms with Crippen molar-refractivity contribution >= 4 is 16.9 Å². The number of carboxylic acid groups (broad SMARTS) is 1. The summed E-state index contributed by atoms with van der Waals surface area (Å²) in [5, 5.41) is 13.7. The van der Waals surface area contributed by atoms with Crippen molar-refractivity contribution in [3.05, 3.63) is 35.5 Å². The molecule has 0 fully saturated rings. The third-order valence-electron chi connectivity index (χ3n) is 3.88. The Balaban J connectivity index is 0.00000147. The number of fused-ring (bicyclic) bond motifs is 3. The van der Waals surface area contributed by atoms with E-state index >= 15 is 0 Å². The number of rotatable bonds is 3. The molecule has 20 heavy (non-hydrogen) atoms. The third-order valence-corrected chi connectivity index (χ3v) is 3.88. The van der Waals surface area contributed by atoms with Crippen LogP contribution in [0.1, 0.15) is 37.1 Å². The summed E-state index contributed by atoms with van der Waals surface area (Å²) in [6.45, 7) is 2.12. The van der Waals surface area contributed by atoms with Gasteiger partial charge in [-0.1, -0.05) is 31.5 Å². The van der Waals surface area contributed by atoms with Crippen LogP contribution in [0.3, 0.4) is 0 Å². The van der Waals surface area contributed by atoms with Crippen molar-refractivity contribution in [2.45, 2.75) is 38.3 Å². The molecule has 5 heteroatoms. The summed E-state index contributed by atoms with van der Waals surface area (Å²) in [7, 11) is 0. The lowest BCUT2D eigenvalue weighted by Crippen LogP contribution is -2.44. The zero-order chi connectivity index (χ0) is 13.4. The standard InChI is InChI=1S/C15H18N2O2.H2O/c1-2-5-12-14-10(8-13(16-12)15(18)19)9-6-3-4-7-11(9)17-14;/h3-4,6-7,12-13,16-17H,2,5,8H2,1H3,(H,18,19);1H2. The Morgan fingerprint density at radius 2 is 2.15 bits per heavy atom. The van der Waals surface area contributed by atoms with Gasteiger partial charge in [0.25, 0.3) is 0 Å². The van der Waals surface area contributed by atoms with E-state index in [0.29, 0.717) is 6.42 Å². The second-order valence-electron chi connectivity index (χ2n) is 5.17. The number of carbonyl (C=O) groups is 1. The van der Waals surface area contributed by atoms with Gasteiger partial charge in [-0.3, -0.25) is 10.1 Å². The summed E-state index contributed by atoms with van der Waals surface area (Å²) < 4.78 is 0. The maximum absolute atomic E-state index is 11.3. The van der Waals surface area contributed by atoms with Crippen molar-refractivity contribution in [1.29, 1.82) is 0 Å². The normalized spacial score (nSPS) is 21.2. The third kappa shape index (κ3) is 2.30. The van der Waals surface area contributed by atoms with Crippen LogP contribution in [0.15, 0.2) is 24.3 Å². The Bertz CT molecular complexity index is 621. The maximum Gasteiger partial charge on any atom is 0.321 e. The zero-order valence-electron chi connectivity index (χ0n) is 11.4. The number of aromatic amines is 1. The van der Waals surface area contributed by atoms with Gasteiger partial charge in [-0.25, -0.2) is 0 Å². The van der Waals surface area contributed by atoms with E-state index in [1.54, 1.807) is 0 Å². The number of aliphatic carboxylic acids is 1. The van der Waals surface area contributed by atoms with Gasteiger partial charge in [-0.2, -0.15) is 0 Å². The number of hydrogen-bond donors (Lipinski definition) is 3. The maximum atomic E-state index is 11.3. The van der Waals surface area contributed by atoms with Gasteiger partial charge in [-0.05, 0) is 18.1 Å². The smallest absolute Gasteiger partial charge is 0.321 e. The minimum Gasteiger partial charge on any atom is -0.480 e. The summed E-state index contributed by atoms with van der Waals surface area (Å²) in [6.07, 6.45) is 2.53. The van der Waals surface area contributed by atoms with Crippen LogP contribution >= 0.6 is 0 Å². The second-order valence-corrected chi connectivity index (χ2v) is 5.17. The molecule has 0 saturated heterocycles. The SMILES string of the molecule is CCCC1NC(C(=O)O)Cc2c1[nH]c1ccccc21.O. The molecule has 1 aliphatic rings. The van der Waals surface area contributed by atoms with Crippen LogP contribution in [0, 0.1) is 0 Å². The molecule has 5 nitrogen and oxygen atoms in total. The van der Waals surface area contributed by atoms with Gasteiger partial charge in [0.05, 0.1) is 0 Å². The lowest BCUT2D eigenvalue weighted by atomic mass is 9.92. The van der Waals surface area contributed by atoms with Gasteiger partial charge in [0.1, 0.15) is 6.04 Å². The van der Waals surface area contributed by atoms with Crippen molar-refractivity contribution in [3.8, 4) is 0 Å². The van der Waals surface area contributed by atoms with Crippen molar-refractivity contribution in [2.75, 3.05) is 0 Å². The Labute approximate surface area is 117 Å². The van der Waals surface area contributed by atoms with Crippen LogP contribution in [0.4, 0.5) is 0 Å². The molecule has 1 aliphatic heterocycles. The van der Waals surface area contributed by atoms with E-state index in [9.17, 15) is 9.90 Å². The largest absolute Gasteiger partial charge is 0.480 e. The molecule has 0 spiro atoms. The fourth-order valence-corrected chi connectivity index (χ4v) is 3.00. The number of para-hydroxylation sites is 1. The van der Waals surface area contributed by atoms with Crippen LogP contribution < -0.4 is 5.32 Å². The highest BCUT2D eigenvalue weighted by Crippen LogP contribution is 2.33. The van der Waals surface area contributed by atoms with E-state index in [0.717, 1.165) is 23.7 Å². The highest BCUT2D eigenvalue weighted by atomic mass is 16.4. The quantitative estimate of drug-likeness (QED) is 0.797. The number of hydrogen-bond acceptors (Lipinski definition) is 2. The van der Waals surface area contributed by atoms with Gasteiger partial charge in [0.2, 0.25) is 0 Å². The van der Waals surface area contributed by atoms with Crippen molar-refractivity contribution in [3.63, 3.8) is 0 Å². The van der Waals surface area contributed by atoms with Crippen LogP contribution in [0.25, 0.3) is 10.9 Å². The zero-order valence-corrected chi connectivity index (χ0v) is 11.4. The van der Waals surface area contributed by atoms with E-state index in [2.05, 4.69) is 23.3 Å². The number of aromatic nitrogens is 1. The fraction of sp³-hybridized carbons (Fsp3) is 0.400. The van der Waals surface area contributed by atoms with Gasteiger partial charge < -0.3 is 15.6 Å². The molecule has 2 unspecified atom stereocenters. The van der Waals surface area contributed by atoms with E-state index < -0.39 is 12.0 Å². The van der Waals surface area contributed by atoms with E-state index in [1.807, 2.05) is 18.2 Å². The lowest BCUT2D eigenvalue weighted by molar-refractivity contribution is -0.139. The Hall–Kier alpha value is -1.85. The van der Waals surface area contributed by atoms with Crippen LogP contribution in [0.2, 0.25) is 0 Å². The summed E-state index contributed by atoms with van der Waals surface area (Å²) >= 11 is 0. The number of carboxylic acids is 1. The topological polar surface area (TPSA) is 96.6 Å².